The van der Waals surface area contributed by atoms with Gasteiger partial charge in [-0.15, -0.1) is 0 Å². The molecule has 32 heavy (non-hydrogen) atoms. The first-order chi connectivity index (χ1) is 15.6. The fraction of sp³-hybridized carbons (Fsp3) is 0.250. The van der Waals surface area contributed by atoms with Crippen LogP contribution in [0.4, 0.5) is 4.79 Å². The van der Waals surface area contributed by atoms with E-state index in [2.05, 4.69) is 20.2 Å². The minimum atomic E-state index is -0.750. The number of fused-ring (bicyclic) bond motifs is 1. The largest absolute Gasteiger partial charge is 0.513 e. The lowest BCUT2D eigenvalue weighted by molar-refractivity contribution is -0.875. The van der Waals surface area contributed by atoms with Crippen molar-refractivity contribution in [3.8, 4) is 22.9 Å². The fourth-order valence-electron chi connectivity index (χ4n) is 4.32. The molecule has 3 aromatic heterocycles. The van der Waals surface area contributed by atoms with Crippen molar-refractivity contribution in [3.63, 3.8) is 0 Å². The van der Waals surface area contributed by atoms with Crippen LogP contribution in [0.5, 0.6) is 11.6 Å². The third-order valence-electron chi connectivity index (χ3n) is 6.05. The van der Waals surface area contributed by atoms with Crippen LogP contribution in [0.15, 0.2) is 61.1 Å². The van der Waals surface area contributed by atoms with Crippen molar-refractivity contribution in [1.82, 2.24) is 20.2 Å². The summed E-state index contributed by atoms with van der Waals surface area (Å²) in [6.45, 7) is 1.81. The molecule has 0 unspecified atom stereocenters. The summed E-state index contributed by atoms with van der Waals surface area (Å²) in [5.74, 6) is 1.13. The van der Waals surface area contributed by atoms with Gasteiger partial charge in [0.25, 0.3) is 0 Å². The van der Waals surface area contributed by atoms with Gasteiger partial charge in [-0.2, -0.15) is 9.89 Å². The van der Waals surface area contributed by atoms with Gasteiger partial charge in [0.15, 0.2) is 0 Å². The van der Waals surface area contributed by atoms with Gasteiger partial charge in [0.2, 0.25) is 5.88 Å². The van der Waals surface area contributed by atoms with Gasteiger partial charge in [-0.3, -0.25) is 10.1 Å². The number of hydrogen-bond acceptors (Lipinski definition) is 5. The number of benzene rings is 1. The molecule has 1 aliphatic heterocycles. The van der Waals surface area contributed by atoms with Gasteiger partial charge in [0.05, 0.1) is 24.3 Å². The first-order valence-corrected chi connectivity index (χ1v) is 10.7. The molecular weight excluding hydrogens is 406 g/mol. The van der Waals surface area contributed by atoms with Crippen LogP contribution in [-0.4, -0.2) is 48.9 Å². The molecule has 1 aliphatic rings. The highest BCUT2D eigenvalue weighted by Gasteiger charge is 2.38. The molecule has 8 nitrogen and oxygen atoms in total. The van der Waals surface area contributed by atoms with E-state index in [1.54, 1.807) is 18.6 Å². The van der Waals surface area contributed by atoms with E-state index in [9.17, 15) is 9.90 Å². The zero-order chi connectivity index (χ0) is 22.0. The van der Waals surface area contributed by atoms with Gasteiger partial charge in [0.1, 0.15) is 12.3 Å². The topological polar surface area (TPSA) is 101 Å². The third-order valence-corrected chi connectivity index (χ3v) is 6.05. The number of aromatic amines is 1. The number of H-pyrrole nitrogens is 1. The molecule has 4 aromatic rings. The summed E-state index contributed by atoms with van der Waals surface area (Å²) < 4.78 is 5.99. The van der Waals surface area contributed by atoms with Gasteiger partial charge in [-0.05, 0) is 49.6 Å². The van der Waals surface area contributed by atoms with E-state index in [0.717, 1.165) is 47.0 Å². The van der Waals surface area contributed by atoms with Crippen molar-refractivity contribution < 1.29 is 19.1 Å². The van der Waals surface area contributed by atoms with Crippen molar-refractivity contribution in [1.29, 1.82) is 0 Å². The number of pyridine rings is 2. The average molecular weight is 430 g/mol. The number of quaternary nitrogens is 1. The zero-order valence-electron chi connectivity index (χ0n) is 17.6. The molecule has 0 aliphatic carbocycles. The molecule has 162 valence electrons. The maximum absolute atomic E-state index is 12.0. The Labute approximate surface area is 185 Å². The Morgan fingerprint density at radius 1 is 1.03 bits per heavy atom. The van der Waals surface area contributed by atoms with Gasteiger partial charge in [-0.1, -0.05) is 0 Å². The molecule has 1 fully saturated rings. The van der Waals surface area contributed by atoms with Crippen LogP contribution in [0.25, 0.3) is 22.2 Å². The Bertz CT molecular complexity index is 1230. The molecule has 0 radical (unpaired) electrons. The lowest BCUT2D eigenvalue weighted by Crippen LogP contribution is -2.54. The summed E-state index contributed by atoms with van der Waals surface area (Å²) in [6, 6.07) is 13.3. The van der Waals surface area contributed by atoms with Crippen molar-refractivity contribution in [2.45, 2.75) is 25.8 Å². The monoisotopic (exact) mass is 430 g/mol. The number of carboxylic acid groups (broad SMARTS) is 1. The summed E-state index contributed by atoms with van der Waals surface area (Å²) >= 11 is 0. The number of ether oxygens (including phenoxy) is 1. The number of nitrogens with one attached hydrogen (secondary N) is 1. The van der Waals surface area contributed by atoms with E-state index < -0.39 is 6.09 Å². The molecule has 4 heterocycles. The predicted octanol–water partition coefficient (Wildman–Crippen LogP) is 4.99. The van der Waals surface area contributed by atoms with Crippen LogP contribution < -0.4 is 4.74 Å². The highest BCUT2D eigenvalue weighted by atomic mass is 16.5. The maximum atomic E-state index is 12.0. The number of hydrogen-bond donors (Lipinski definition) is 2. The number of rotatable bonds is 5. The molecule has 0 saturated carbocycles. The summed E-state index contributed by atoms with van der Waals surface area (Å²) in [5.41, 5.74) is 3.55. The van der Waals surface area contributed by atoms with Gasteiger partial charge >= 0.3 is 6.09 Å². The van der Waals surface area contributed by atoms with Crippen LogP contribution in [0.3, 0.4) is 0 Å². The quantitative estimate of drug-likeness (QED) is 0.433. The predicted molar refractivity (Wildman–Crippen MR) is 119 cm³/mol. The van der Waals surface area contributed by atoms with Gasteiger partial charge in [0, 0.05) is 47.2 Å². The number of nitrogens with zero attached hydrogens (tertiary/aromatic N) is 4. The number of amides is 1. The first kappa shape index (κ1) is 20.1. The molecule has 5 rings (SSSR count). The van der Waals surface area contributed by atoms with Crippen LogP contribution >= 0.6 is 0 Å². The standard InChI is InChI=1S/C24H23N5O3/c30-24(31)29(10-2-1-3-11-29)16-17-12-18-4-6-20(13-22(18)25-14-17)32-23-7-5-19(15-26-23)21-8-9-27-28-21/h4-9,12-15H,1-3,10-11,16H2,(H-,27,28,30,31)/p+1. The Kier molecular flexibility index (Phi) is 5.28. The van der Waals surface area contributed by atoms with E-state index in [-0.39, 0.29) is 4.48 Å². The second-order valence-electron chi connectivity index (χ2n) is 8.25. The molecule has 0 bridgehead atoms. The fourth-order valence-corrected chi connectivity index (χ4v) is 4.32. The van der Waals surface area contributed by atoms with E-state index >= 15 is 0 Å². The molecular formula is C24H24N5O3+. The first-order valence-electron chi connectivity index (χ1n) is 10.7. The van der Waals surface area contributed by atoms with Crippen molar-refractivity contribution in [3.05, 3.63) is 66.6 Å². The Morgan fingerprint density at radius 3 is 2.62 bits per heavy atom. The molecule has 2 N–H and O–H groups in total. The lowest BCUT2D eigenvalue weighted by Gasteiger charge is -2.35. The van der Waals surface area contributed by atoms with Crippen LogP contribution in [-0.2, 0) is 6.54 Å². The highest BCUT2D eigenvalue weighted by Crippen LogP contribution is 2.28. The maximum Gasteiger partial charge on any atom is 0.513 e. The SMILES string of the molecule is O=C(O)[N+]1(Cc2cnc3cc(Oc4ccc(-c5ccn[nH]5)cn4)ccc3c2)CCCCC1. The lowest BCUT2D eigenvalue weighted by atomic mass is 10.1. The summed E-state index contributed by atoms with van der Waals surface area (Å²) in [4.78, 5) is 20.9. The van der Waals surface area contributed by atoms with Gasteiger partial charge < -0.3 is 9.84 Å². The Morgan fingerprint density at radius 2 is 1.91 bits per heavy atom. The second kappa shape index (κ2) is 8.39. The molecule has 0 atom stereocenters. The summed E-state index contributed by atoms with van der Waals surface area (Å²) in [7, 11) is 0. The van der Waals surface area contributed by atoms with E-state index in [0.29, 0.717) is 31.3 Å². The van der Waals surface area contributed by atoms with E-state index in [4.69, 9.17) is 4.74 Å². The Balaban J connectivity index is 1.33. The zero-order valence-corrected chi connectivity index (χ0v) is 17.6. The van der Waals surface area contributed by atoms with Crippen molar-refractivity contribution >= 4 is 17.0 Å². The number of aromatic nitrogens is 4. The summed E-state index contributed by atoms with van der Waals surface area (Å²) in [5, 5.41) is 17.6. The summed E-state index contributed by atoms with van der Waals surface area (Å²) in [6.07, 6.45) is 7.46. The Hall–Kier alpha value is -3.78. The number of likely N-dealkylation sites (tertiary alicyclic amines) is 1. The van der Waals surface area contributed by atoms with Crippen molar-refractivity contribution in [2.75, 3.05) is 13.1 Å². The highest BCUT2D eigenvalue weighted by molar-refractivity contribution is 5.80. The number of piperidine rings is 1. The van der Waals surface area contributed by atoms with Crippen LogP contribution in [0, 0.1) is 0 Å². The smallest absolute Gasteiger partial charge is 0.439 e. The minimum Gasteiger partial charge on any atom is -0.439 e. The third kappa shape index (κ3) is 4.04. The van der Waals surface area contributed by atoms with Crippen molar-refractivity contribution in [2.24, 2.45) is 0 Å². The van der Waals surface area contributed by atoms with Crippen LogP contribution in [0.2, 0.25) is 0 Å². The molecule has 1 saturated heterocycles. The van der Waals surface area contributed by atoms with Gasteiger partial charge in [-0.25, -0.2) is 9.47 Å². The van der Waals surface area contributed by atoms with E-state index in [1.165, 1.54) is 0 Å². The molecule has 8 heteroatoms. The average Bonchev–Trinajstić information content (AvgIpc) is 3.35. The number of carbonyl (C=O) groups is 1. The second-order valence-corrected chi connectivity index (χ2v) is 8.25. The van der Waals surface area contributed by atoms with Crippen LogP contribution in [0.1, 0.15) is 24.8 Å². The molecule has 0 spiro atoms. The van der Waals surface area contributed by atoms with E-state index in [1.807, 2.05) is 42.5 Å². The molecule has 1 aromatic carbocycles. The normalized spacial score (nSPS) is 15.5. The minimum absolute atomic E-state index is 0.0919. The molecule has 1 amide bonds.